The van der Waals surface area contributed by atoms with E-state index in [2.05, 4.69) is 45.0 Å². The van der Waals surface area contributed by atoms with Crippen LogP contribution in [0.1, 0.15) is 33.6 Å². The Morgan fingerprint density at radius 1 is 1.36 bits per heavy atom. The Morgan fingerprint density at radius 3 is 2.36 bits per heavy atom. The molecule has 0 rings (SSSR count). The fraction of sp³-hybridized carbons (Fsp3) is 0.462. The van der Waals surface area contributed by atoms with Crippen molar-refractivity contribution in [1.82, 2.24) is 0 Å². The van der Waals surface area contributed by atoms with E-state index in [-0.39, 0.29) is 0 Å². The molecule has 0 aromatic rings. The van der Waals surface area contributed by atoms with Crippen LogP contribution in [0.25, 0.3) is 0 Å². The minimum Gasteiger partial charge on any atom is -0.262 e. The highest BCUT2D eigenvalue weighted by Crippen LogP contribution is 2.11. The van der Waals surface area contributed by atoms with Gasteiger partial charge in [0.2, 0.25) is 0 Å². The third-order valence-corrected chi connectivity index (χ3v) is 2.00. The second-order valence-electron chi connectivity index (χ2n) is 3.56. The van der Waals surface area contributed by atoms with Crippen molar-refractivity contribution in [3.05, 3.63) is 37.1 Å². The molecule has 0 aliphatic rings. The minimum absolute atomic E-state index is 0.499. The van der Waals surface area contributed by atoms with Gasteiger partial charge >= 0.3 is 0 Å². The Morgan fingerprint density at radius 2 is 2.00 bits per heavy atom. The summed E-state index contributed by atoms with van der Waals surface area (Å²) in [5, 5.41) is 0. The lowest BCUT2D eigenvalue weighted by Gasteiger charge is -2.06. The Kier molecular flexibility index (Phi) is 6.73. The number of hydrogen-bond acceptors (Lipinski definition) is 1. The van der Waals surface area contributed by atoms with Gasteiger partial charge < -0.3 is 0 Å². The van der Waals surface area contributed by atoms with Gasteiger partial charge in [0, 0.05) is 11.9 Å². The Balaban J connectivity index is 4.75. The zero-order chi connectivity index (χ0) is 11.0. The lowest BCUT2D eigenvalue weighted by atomic mass is 10.0. The third-order valence-electron chi connectivity index (χ3n) is 2.00. The van der Waals surface area contributed by atoms with Crippen molar-refractivity contribution in [3.8, 4) is 0 Å². The van der Waals surface area contributed by atoms with Crippen LogP contribution in [0.4, 0.5) is 0 Å². The van der Waals surface area contributed by atoms with Crippen LogP contribution in [-0.4, -0.2) is 5.71 Å². The molecule has 0 aromatic heterocycles. The van der Waals surface area contributed by atoms with Crippen LogP contribution in [0, 0.1) is 5.92 Å². The molecule has 0 aromatic carbocycles. The summed E-state index contributed by atoms with van der Waals surface area (Å²) in [6, 6.07) is 0. The molecule has 78 valence electrons. The van der Waals surface area contributed by atoms with E-state index >= 15 is 0 Å². The van der Waals surface area contributed by atoms with E-state index < -0.39 is 0 Å². The zero-order valence-corrected chi connectivity index (χ0v) is 9.59. The van der Waals surface area contributed by atoms with Crippen molar-refractivity contribution < 1.29 is 0 Å². The van der Waals surface area contributed by atoms with Crippen LogP contribution >= 0.6 is 0 Å². The Bertz CT molecular complexity index is 244. The standard InChI is InChI=1S/C13H21N/c1-6-9-13(14-8-3)10-12(7-2)11(4)5/h7-8,10-11H,2-3,6,9H2,1,4-5H3/b12-10+,14-13?. The summed E-state index contributed by atoms with van der Waals surface area (Å²) in [7, 11) is 0. The van der Waals surface area contributed by atoms with Crippen LogP contribution in [0.5, 0.6) is 0 Å². The van der Waals surface area contributed by atoms with Crippen LogP contribution in [0.2, 0.25) is 0 Å². The van der Waals surface area contributed by atoms with Gasteiger partial charge in [0.25, 0.3) is 0 Å². The molecular weight excluding hydrogens is 170 g/mol. The maximum atomic E-state index is 4.24. The van der Waals surface area contributed by atoms with E-state index in [1.807, 2.05) is 6.08 Å². The molecule has 0 heterocycles. The van der Waals surface area contributed by atoms with Gasteiger partial charge in [0.1, 0.15) is 0 Å². The molecular formula is C13H21N. The van der Waals surface area contributed by atoms with Crippen molar-refractivity contribution in [3.63, 3.8) is 0 Å². The van der Waals surface area contributed by atoms with Crippen LogP contribution in [0.3, 0.4) is 0 Å². The molecule has 0 N–H and O–H groups in total. The zero-order valence-electron chi connectivity index (χ0n) is 9.59. The van der Waals surface area contributed by atoms with Crippen molar-refractivity contribution in [2.24, 2.45) is 10.9 Å². The molecule has 0 amide bonds. The van der Waals surface area contributed by atoms with E-state index in [1.165, 1.54) is 5.57 Å². The number of allylic oxidation sites excluding steroid dienone is 3. The topological polar surface area (TPSA) is 12.4 Å². The number of nitrogens with zero attached hydrogens (tertiary/aromatic N) is 1. The summed E-state index contributed by atoms with van der Waals surface area (Å²) in [6.45, 7) is 13.9. The van der Waals surface area contributed by atoms with Crippen molar-refractivity contribution in [2.45, 2.75) is 33.6 Å². The summed E-state index contributed by atoms with van der Waals surface area (Å²) in [5.74, 6) is 0.499. The number of aliphatic imine (C=N–C) groups is 1. The first-order valence-electron chi connectivity index (χ1n) is 5.17. The third kappa shape index (κ3) is 4.80. The highest BCUT2D eigenvalue weighted by Gasteiger charge is 2.00. The van der Waals surface area contributed by atoms with Crippen molar-refractivity contribution in [1.29, 1.82) is 0 Å². The van der Waals surface area contributed by atoms with Crippen molar-refractivity contribution in [2.75, 3.05) is 0 Å². The molecule has 0 aliphatic carbocycles. The van der Waals surface area contributed by atoms with Gasteiger partial charge in [-0.25, -0.2) is 0 Å². The van der Waals surface area contributed by atoms with Gasteiger partial charge in [0.05, 0.1) is 0 Å². The molecule has 0 saturated carbocycles. The summed E-state index contributed by atoms with van der Waals surface area (Å²) < 4.78 is 0. The summed E-state index contributed by atoms with van der Waals surface area (Å²) in [6.07, 6.45) is 7.71. The maximum absolute atomic E-state index is 4.24. The molecule has 0 bridgehead atoms. The maximum Gasteiger partial charge on any atom is 0.0406 e. The first-order valence-corrected chi connectivity index (χ1v) is 5.17. The lowest BCUT2D eigenvalue weighted by Crippen LogP contribution is -1.98. The van der Waals surface area contributed by atoms with E-state index in [1.54, 1.807) is 6.20 Å². The average molecular weight is 191 g/mol. The predicted molar refractivity (Wildman–Crippen MR) is 65.7 cm³/mol. The van der Waals surface area contributed by atoms with Gasteiger partial charge in [-0.05, 0) is 24.0 Å². The molecule has 0 spiro atoms. The van der Waals surface area contributed by atoms with Gasteiger partial charge in [-0.3, -0.25) is 4.99 Å². The summed E-state index contributed by atoms with van der Waals surface area (Å²) >= 11 is 0. The highest BCUT2D eigenvalue weighted by molar-refractivity contribution is 5.96. The van der Waals surface area contributed by atoms with E-state index in [0.717, 1.165) is 18.6 Å². The Labute approximate surface area is 87.9 Å². The number of hydrogen-bond donors (Lipinski definition) is 0. The largest absolute Gasteiger partial charge is 0.262 e. The predicted octanol–water partition coefficient (Wildman–Crippen LogP) is 4.14. The second-order valence-corrected chi connectivity index (χ2v) is 3.56. The highest BCUT2D eigenvalue weighted by atomic mass is 14.7. The first-order chi connectivity index (χ1) is 6.65. The fourth-order valence-electron chi connectivity index (χ4n) is 1.20. The molecule has 1 heteroatoms. The van der Waals surface area contributed by atoms with Gasteiger partial charge in [-0.2, -0.15) is 0 Å². The molecule has 14 heavy (non-hydrogen) atoms. The average Bonchev–Trinajstić information content (AvgIpc) is 2.14. The van der Waals surface area contributed by atoms with Gasteiger partial charge in [0.15, 0.2) is 0 Å². The van der Waals surface area contributed by atoms with Gasteiger partial charge in [-0.1, -0.05) is 46.4 Å². The molecule has 1 nitrogen and oxygen atoms in total. The van der Waals surface area contributed by atoms with E-state index in [0.29, 0.717) is 5.92 Å². The normalized spacial score (nSPS) is 13.1. The summed E-state index contributed by atoms with van der Waals surface area (Å²) in [4.78, 5) is 4.24. The molecule has 0 unspecified atom stereocenters. The quantitative estimate of drug-likeness (QED) is 0.442. The molecule has 0 aliphatic heterocycles. The van der Waals surface area contributed by atoms with E-state index in [9.17, 15) is 0 Å². The molecule has 0 radical (unpaired) electrons. The molecule has 0 fully saturated rings. The van der Waals surface area contributed by atoms with Crippen molar-refractivity contribution >= 4 is 5.71 Å². The monoisotopic (exact) mass is 191 g/mol. The van der Waals surface area contributed by atoms with Gasteiger partial charge in [-0.15, -0.1) is 0 Å². The second kappa shape index (κ2) is 7.31. The van der Waals surface area contributed by atoms with Crippen LogP contribution in [0.15, 0.2) is 42.1 Å². The number of rotatable bonds is 6. The Hall–Kier alpha value is -1.11. The fourth-order valence-corrected chi connectivity index (χ4v) is 1.20. The first kappa shape index (κ1) is 12.9. The SMILES string of the molecule is C=CN=C(/C=C(\C=C)C(C)C)CCC. The molecule has 0 atom stereocenters. The van der Waals surface area contributed by atoms with Crippen LogP contribution < -0.4 is 0 Å². The smallest absolute Gasteiger partial charge is 0.0406 e. The molecule has 0 saturated heterocycles. The van der Waals surface area contributed by atoms with Crippen LogP contribution in [-0.2, 0) is 0 Å². The lowest BCUT2D eigenvalue weighted by molar-refractivity contribution is 0.792. The summed E-state index contributed by atoms with van der Waals surface area (Å²) in [5.41, 5.74) is 2.32. The minimum atomic E-state index is 0.499. The van der Waals surface area contributed by atoms with E-state index in [4.69, 9.17) is 0 Å².